The molecule has 0 radical (unpaired) electrons. The molecule has 2 nitrogen and oxygen atoms in total. The van der Waals surface area contributed by atoms with Crippen molar-refractivity contribution in [1.29, 1.82) is 0 Å². The zero-order valence-corrected chi connectivity index (χ0v) is 11.6. The number of hydrogen-bond donors (Lipinski definition) is 1. The van der Waals surface area contributed by atoms with Crippen LogP contribution in [0.3, 0.4) is 0 Å². The third-order valence-electron chi connectivity index (χ3n) is 3.07. The Labute approximate surface area is 123 Å². The predicted octanol–water partition coefficient (Wildman–Crippen LogP) is 5.03. The van der Waals surface area contributed by atoms with Crippen LogP contribution in [0, 0.1) is 6.92 Å². The number of halogens is 4. The number of carbonyl (C=O) groups is 1. The van der Waals surface area contributed by atoms with Crippen molar-refractivity contribution in [3.8, 4) is 11.1 Å². The number of aryl methyl sites for hydroxylation is 1. The summed E-state index contributed by atoms with van der Waals surface area (Å²) in [4.78, 5) is 11.0. The fraction of sp³-hybridized carbons (Fsp3) is 0.133. The topological polar surface area (TPSA) is 37.3 Å². The second kappa shape index (κ2) is 5.41. The standard InChI is InChI=1S/C15H10ClF3O2/c1-8-2-3-10(14(20)21)6-11(8)9-4-5-12(13(16)7-9)15(17,18)19/h2-7H,1H3,(H,20,21). The van der Waals surface area contributed by atoms with Gasteiger partial charge in [-0.15, -0.1) is 0 Å². The summed E-state index contributed by atoms with van der Waals surface area (Å²) >= 11 is 5.68. The van der Waals surface area contributed by atoms with Gasteiger partial charge in [-0.3, -0.25) is 0 Å². The predicted molar refractivity (Wildman–Crippen MR) is 73.6 cm³/mol. The monoisotopic (exact) mass is 314 g/mol. The second-order valence-electron chi connectivity index (χ2n) is 4.53. The van der Waals surface area contributed by atoms with Crippen LogP contribution in [0.15, 0.2) is 36.4 Å². The van der Waals surface area contributed by atoms with Crippen LogP contribution in [0.2, 0.25) is 5.02 Å². The zero-order chi connectivity index (χ0) is 15.8. The number of carboxylic acid groups (broad SMARTS) is 1. The maximum absolute atomic E-state index is 12.7. The van der Waals surface area contributed by atoms with Crippen molar-refractivity contribution >= 4 is 17.6 Å². The molecule has 2 aromatic carbocycles. The van der Waals surface area contributed by atoms with Gasteiger partial charge in [-0.2, -0.15) is 13.2 Å². The van der Waals surface area contributed by atoms with E-state index in [4.69, 9.17) is 16.7 Å². The third-order valence-corrected chi connectivity index (χ3v) is 3.38. The molecule has 0 amide bonds. The van der Waals surface area contributed by atoms with Crippen LogP contribution in [-0.2, 0) is 6.18 Å². The fourth-order valence-corrected chi connectivity index (χ4v) is 2.27. The van der Waals surface area contributed by atoms with E-state index >= 15 is 0 Å². The summed E-state index contributed by atoms with van der Waals surface area (Å²) < 4.78 is 38.0. The van der Waals surface area contributed by atoms with Gasteiger partial charge in [0.1, 0.15) is 0 Å². The molecule has 0 saturated carbocycles. The van der Waals surface area contributed by atoms with Crippen molar-refractivity contribution in [1.82, 2.24) is 0 Å². The van der Waals surface area contributed by atoms with Crippen LogP contribution < -0.4 is 0 Å². The first kappa shape index (κ1) is 15.4. The van der Waals surface area contributed by atoms with Crippen LogP contribution in [0.4, 0.5) is 13.2 Å². The van der Waals surface area contributed by atoms with Crippen LogP contribution in [0.25, 0.3) is 11.1 Å². The normalized spacial score (nSPS) is 11.5. The van der Waals surface area contributed by atoms with Crippen molar-refractivity contribution in [2.75, 3.05) is 0 Å². The van der Waals surface area contributed by atoms with Crippen molar-refractivity contribution in [3.63, 3.8) is 0 Å². The average Bonchev–Trinajstić information content (AvgIpc) is 2.37. The summed E-state index contributed by atoms with van der Waals surface area (Å²) in [7, 11) is 0. The van der Waals surface area contributed by atoms with Gasteiger partial charge in [0.15, 0.2) is 0 Å². The van der Waals surface area contributed by atoms with Gasteiger partial charge in [-0.25, -0.2) is 4.79 Å². The van der Waals surface area contributed by atoms with Crippen molar-refractivity contribution in [2.45, 2.75) is 13.1 Å². The van der Waals surface area contributed by atoms with E-state index in [1.807, 2.05) is 0 Å². The summed E-state index contributed by atoms with van der Waals surface area (Å²) in [5, 5.41) is 8.56. The smallest absolute Gasteiger partial charge is 0.417 e. The van der Waals surface area contributed by atoms with Gasteiger partial charge in [0.2, 0.25) is 0 Å². The van der Waals surface area contributed by atoms with E-state index in [0.29, 0.717) is 11.1 Å². The third kappa shape index (κ3) is 3.19. The van der Waals surface area contributed by atoms with Crippen molar-refractivity contribution < 1.29 is 23.1 Å². The van der Waals surface area contributed by atoms with Gasteiger partial charge in [-0.05, 0) is 47.9 Å². The summed E-state index contributed by atoms with van der Waals surface area (Å²) in [5.74, 6) is -1.10. The zero-order valence-electron chi connectivity index (χ0n) is 10.8. The summed E-state index contributed by atoms with van der Waals surface area (Å²) in [5.41, 5.74) is 0.863. The molecule has 0 saturated heterocycles. The molecule has 0 aliphatic heterocycles. The molecule has 110 valence electrons. The molecule has 0 spiro atoms. The van der Waals surface area contributed by atoms with E-state index in [1.165, 1.54) is 24.3 Å². The van der Waals surface area contributed by atoms with Crippen LogP contribution >= 0.6 is 11.6 Å². The lowest BCUT2D eigenvalue weighted by atomic mass is 9.97. The molecule has 0 fully saturated rings. The molecule has 6 heteroatoms. The largest absolute Gasteiger partial charge is 0.478 e. The van der Waals surface area contributed by atoms with Crippen LogP contribution in [0.5, 0.6) is 0 Å². The molecule has 0 aromatic heterocycles. The average molecular weight is 315 g/mol. The lowest BCUT2D eigenvalue weighted by Crippen LogP contribution is -2.05. The van der Waals surface area contributed by atoms with E-state index in [-0.39, 0.29) is 5.56 Å². The summed E-state index contributed by atoms with van der Waals surface area (Å²) in [6.45, 7) is 1.74. The molecule has 0 atom stereocenters. The number of hydrogen-bond acceptors (Lipinski definition) is 1. The molecular formula is C15H10ClF3O2. The minimum absolute atomic E-state index is 0.0617. The number of benzene rings is 2. The van der Waals surface area contributed by atoms with E-state index in [0.717, 1.165) is 11.6 Å². The molecule has 0 aliphatic rings. The molecule has 0 aliphatic carbocycles. The summed E-state index contributed by atoms with van der Waals surface area (Å²) in [6, 6.07) is 7.82. The lowest BCUT2D eigenvalue weighted by Gasteiger charge is -2.12. The molecule has 21 heavy (non-hydrogen) atoms. The SMILES string of the molecule is Cc1ccc(C(=O)O)cc1-c1ccc(C(F)(F)F)c(Cl)c1. The van der Waals surface area contributed by atoms with E-state index in [2.05, 4.69) is 0 Å². The Hall–Kier alpha value is -2.01. The second-order valence-corrected chi connectivity index (χ2v) is 4.93. The highest BCUT2D eigenvalue weighted by Crippen LogP contribution is 2.37. The number of aromatic carboxylic acids is 1. The van der Waals surface area contributed by atoms with E-state index in [9.17, 15) is 18.0 Å². The van der Waals surface area contributed by atoms with Crippen molar-refractivity contribution in [2.24, 2.45) is 0 Å². The molecule has 0 unspecified atom stereocenters. The minimum Gasteiger partial charge on any atom is -0.478 e. The summed E-state index contributed by atoms with van der Waals surface area (Å²) in [6.07, 6.45) is -4.52. The molecule has 1 N–H and O–H groups in total. The van der Waals surface area contributed by atoms with Gasteiger partial charge < -0.3 is 5.11 Å². The quantitative estimate of drug-likeness (QED) is 0.844. The lowest BCUT2D eigenvalue weighted by molar-refractivity contribution is -0.137. The Morgan fingerprint density at radius 3 is 2.33 bits per heavy atom. The Kier molecular flexibility index (Phi) is 3.96. The van der Waals surface area contributed by atoms with Gasteiger partial charge in [-0.1, -0.05) is 23.7 Å². The Bertz CT molecular complexity index is 709. The maximum atomic E-state index is 12.7. The van der Waals surface area contributed by atoms with Gasteiger partial charge >= 0.3 is 12.1 Å². The maximum Gasteiger partial charge on any atom is 0.417 e. The minimum atomic E-state index is -4.52. The van der Waals surface area contributed by atoms with E-state index < -0.39 is 22.7 Å². The first-order valence-electron chi connectivity index (χ1n) is 5.91. The fourth-order valence-electron chi connectivity index (χ4n) is 1.98. The number of alkyl halides is 3. The highest BCUT2D eigenvalue weighted by atomic mass is 35.5. The van der Waals surface area contributed by atoms with Gasteiger partial charge in [0.25, 0.3) is 0 Å². The number of rotatable bonds is 2. The molecule has 0 bridgehead atoms. The molecule has 2 aromatic rings. The molecule has 0 heterocycles. The van der Waals surface area contributed by atoms with Gasteiger partial charge in [0, 0.05) is 0 Å². The Morgan fingerprint density at radius 2 is 1.81 bits per heavy atom. The molecular weight excluding hydrogens is 305 g/mol. The van der Waals surface area contributed by atoms with E-state index in [1.54, 1.807) is 13.0 Å². The van der Waals surface area contributed by atoms with Crippen LogP contribution in [-0.4, -0.2) is 11.1 Å². The van der Waals surface area contributed by atoms with Crippen molar-refractivity contribution in [3.05, 3.63) is 58.1 Å². The molecule has 2 rings (SSSR count). The highest BCUT2D eigenvalue weighted by Gasteiger charge is 2.33. The Balaban J connectivity index is 2.55. The van der Waals surface area contributed by atoms with Crippen LogP contribution in [0.1, 0.15) is 21.5 Å². The number of carboxylic acids is 1. The first-order valence-corrected chi connectivity index (χ1v) is 6.29. The Morgan fingerprint density at radius 1 is 1.14 bits per heavy atom. The van der Waals surface area contributed by atoms with Gasteiger partial charge in [0.05, 0.1) is 16.1 Å². The first-order chi connectivity index (χ1) is 9.70. The highest BCUT2D eigenvalue weighted by molar-refractivity contribution is 6.31.